The molecule has 0 aliphatic carbocycles. The summed E-state index contributed by atoms with van der Waals surface area (Å²) in [4.78, 5) is 135. The molecule has 8 N–H and O–H groups in total. The van der Waals surface area contributed by atoms with E-state index < -0.39 is 123 Å². The molecule has 12 heterocycles. The molecule has 10 aliphatic rings. The number of nitrogens with two attached hydrogens (primary N) is 1. The molecular weight excluding hydrogens is 1330 g/mol. The summed E-state index contributed by atoms with van der Waals surface area (Å²) in [7, 11) is -0.551. The highest BCUT2D eigenvalue weighted by Gasteiger charge is 2.71. The maximum Gasteiger partial charge on any atom is 0.353 e. The molecule has 8 saturated heterocycles. The van der Waals surface area contributed by atoms with E-state index >= 15 is 0 Å². The van der Waals surface area contributed by atoms with E-state index in [0.717, 1.165) is 51.6 Å². The lowest BCUT2D eigenvalue weighted by atomic mass is 9.79. The Morgan fingerprint density at radius 2 is 1.57 bits per heavy atom. The molecule has 0 spiro atoms. The van der Waals surface area contributed by atoms with Crippen molar-refractivity contribution in [3.05, 3.63) is 45.3 Å². The molecule has 0 aromatic carbocycles. The van der Waals surface area contributed by atoms with Gasteiger partial charge in [0.25, 0.3) is 11.8 Å². The van der Waals surface area contributed by atoms with Crippen molar-refractivity contribution in [3.8, 4) is 0 Å². The quantitative estimate of drug-likeness (QED) is 0.0365. The zero-order chi connectivity index (χ0) is 68.7. The van der Waals surface area contributed by atoms with Crippen LogP contribution < -0.4 is 21.5 Å². The minimum Gasteiger partial charge on any atom is -0.543 e. The Morgan fingerprint density at radius 1 is 0.957 bits per heavy atom. The van der Waals surface area contributed by atoms with E-state index in [1.807, 2.05) is 6.92 Å². The first-order valence-electron chi connectivity index (χ1n) is 29.2. The average molecular weight is 1400 g/mol. The van der Waals surface area contributed by atoms with Crippen molar-refractivity contribution in [3.63, 3.8) is 0 Å². The fourth-order valence-electron chi connectivity index (χ4n) is 13.7. The Labute approximate surface area is 545 Å². The Bertz CT molecular complexity index is 3780. The monoisotopic (exact) mass is 1400 g/mol. The van der Waals surface area contributed by atoms with Gasteiger partial charge in [-0.25, -0.2) is 36.2 Å². The largest absolute Gasteiger partial charge is 0.543 e. The number of hydrogen-bond acceptors (Lipinski definition) is 26. The maximum absolute atomic E-state index is 12.9. The molecule has 8 fully saturated rings. The number of aromatic nitrogens is 4. The number of carboxylic acids is 4. The number of aliphatic hydroxyl groups is 1. The number of nitrogens with one attached hydrogen (secondary N) is 2. The third-order valence-corrected chi connectivity index (χ3v) is 27.6. The number of sulfone groups is 2. The molecular formula is C54H72N14O20S5. The number of nitrogens with zero attached hydrogens (tertiary/aromatic N) is 11. The number of oxime groups is 1. The summed E-state index contributed by atoms with van der Waals surface area (Å²) < 4.78 is 47.8. The van der Waals surface area contributed by atoms with Gasteiger partial charge in [-0.05, 0) is 34.1 Å². The van der Waals surface area contributed by atoms with E-state index in [-0.39, 0.29) is 82.4 Å². The van der Waals surface area contributed by atoms with Gasteiger partial charge in [-0.3, -0.25) is 38.3 Å². The number of likely N-dealkylation sites (tertiary alicyclic amines) is 1. The van der Waals surface area contributed by atoms with Gasteiger partial charge in [-0.2, -0.15) is 0 Å². The van der Waals surface area contributed by atoms with Crippen LogP contribution in [0.4, 0.5) is 5.13 Å². The molecule has 34 nitrogen and oxygen atoms in total. The van der Waals surface area contributed by atoms with Gasteiger partial charge in [0.15, 0.2) is 36.6 Å². The van der Waals surface area contributed by atoms with E-state index in [2.05, 4.69) is 38.1 Å². The molecule has 2 aromatic rings. The molecule has 2 aromatic heterocycles. The molecule has 0 saturated carbocycles. The van der Waals surface area contributed by atoms with Crippen LogP contribution in [0.5, 0.6) is 0 Å². The number of β-lactam (4-membered cyclic amide) rings is 4. The van der Waals surface area contributed by atoms with Crippen molar-refractivity contribution < 1.29 is 99.6 Å². The first kappa shape index (κ1) is 70.0. The number of quaternary nitrogens is 1. The number of thioether (sulfide) groups is 2. The van der Waals surface area contributed by atoms with Crippen LogP contribution >= 0.6 is 34.9 Å². The van der Waals surface area contributed by atoms with Crippen LogP contribution in [0.3, 0.4) is 0 Å². The Hall–Kier alpha value is -7.30. The summed E-state index contributed by atoms with van der Waals surface area (Å²) >= 11 is 4.02. The molecule has 0 radical (unpaired) electrons. The minimum absolute atomic E-state index is 0.00757. The van der Waals surface area contributed by atoms with Crippen LogP contribution in [0.15, 0.2) is 44.8 Å². The highest BCUT2D eigenvalue weighted by Crippen LogP contribution is 2.53. The summed E-state index contributed by atoms with van der Waals surface area (Å²) in [5.41, 5.74) is 6.43. The molecule has 39 heteroatoms. The topological polar surface area (TPSA) is 474 Å². The maximum atomic E-state index is 12.9. The summed E-state index contributed by atoms with van der Waals surface area (Å²) in [6.07, 6.45) is 4.61. The average Bonchev–Trinajstić information content (AvgIpc) is 1.58. The SMILES string of the molecule is CC1(C)[C@H](C(=O)O)N2C(=O)C[C@H]2S1(=O)=O.CO/N=C(\C(=O)N[C@@H]1C(=O)N2C(C(=O)[O-])=C(C[N+]3(C)CCCC3)CS[C@H]12)c1csc(N)n1.C[C@@H](O)[C@H]1C(=O)N2C(C(=O)O)=C(S[C@@H]3CN[C@H](C(=O)N(C)C)C3)[C@H](C)[C@H]12.C[C@]1(Cn2ccnn2)[C@H](C(=O)O)N2C(=O)C[C@H]2S1(=O)=O. The number of carbonyl (C=O) groups is 10. The van der Waals surface area contributed by atoms with E-state index in [9.17, 15) is 85.2 Å². The minimum atomic E-state index is -3.80. The highest BCUT2D eigenvalue weighted by atomic mass is 32.2. The lowest BCUT2D eigenvalue weighted by molar-refractivity contribution is -0.893. The lowest BCUT2D eigenvalue weighted by Gasteiger charge is -2.51. The predicted molar refractivity (Wildman–Crippen MR) is 327 cm³/mol. The number of aliphatic carboxylic acids is 4. The molecule has 508 valence electrons. The summed E-state index contributed by atoms with van der Waals surface area (Å²) in [6.45, 7) is 10.5. The molecule has 93 heavy (non-hydrogen) atoms. The second-order valence-corrected chi connectivity index (χ2v) is 33.8. The number of fused-ring (bicyclic) bond motifs is 4. The van der Waals surface area contributed by atoms with Crippen LogP contribution in [0.25, 0.3) is 0 Å². The highest BCUT2D eigenvalue weighted by molar-refractivity contribution is 8.03. The number of rotatable bonds is 16. The number of nitrogen functional groups attached to an aromatic ring is 1. The van der Waals surface area contributed by atoms with Gasteiger partial charge < -0.3 is 75.6 Å². The Balaban J connectivity index is 0.000000151. The van der Waals surface area contributed by atoms with Crippen molar-refractivity contribution >= 4 is 125 Å². The molecule has 0 unspecified atom stereocenters. The standard InChI is InChI=1S/C19H24N6O5S2.C17H25N3O5S.C10H12N4O5S.C8H11NO5S/c1-25(5-3-4-6-25)7-10-8-31-17-13(16(27)24(17)14(10)18(28)29)22-15(26)12(23-30-2)11-9-32-19(20)21-11;1-7-12-11(8(2)21)16(23)20(12)13(17(24)25)14(7)26-9-5-10(18-6-9)15(22)19(3)4;1-10(5-13-3-2-11-12-13)8(9(16)17)14-6(15)4-7(14)20(10,18)19;1-8(2)6(7(11)12)9-4(10)3-5(9)15(8,13)14/h9,13,17H,3-8H2,1-2H3,(H3-,20,21,22,26,28,29);7-12,18,21H,5-6H2,1-4H3,(H,24,25);2-3,7-8H,4-5H2,1H3,(H,16,17);5-6H,3H2,1-2H3,(H,11,12)/b23-12-;;;/t13-,17-;7-,8-,9+,10+,11-,12-;7-,8+,10+;5-,6+/m1111/s1. The number of anilines is 1. The second kappa shape index (κ2) is 25.8. The van der Waals surface area contributed by atoms with Crippen LogP contribution in [0.2, 0.25) is 0 Å². The predicted octanol–water partition coefficient (Wildman–Crippen LogP) is -3.91. The van der Waals surface area contributed by atoms with Crippen LogP contribution in [-0.4, -0.2) is 279 Å². The molecule has 10 aliphatic heterocycles. The third-order valence-electron chi connectivity index (χ3n) is 18.5. The van der Waals surface area contributed by atoms with Crippen molar-refractivity contribution in [2.45, 2.75) is 140 Å². The van der Waals surface area contributed by atoms with Crippen molar-refractivity contribution in [2.75, 3.05) is 65.9 Å². The lowest BCUT2D eigenvalue weighted by Crippen LogP contribution is -2.71. The summed E-state index contributed by atoms with van der Waals surface area (Å²) in [5, 5.41) is 66.0. The molecule has 0 bridgehead atoms. The second-order valence-electron chi connectivity index (χ2n) is 25.2. The molecule has 13 atom stereocenters. The third kappa shape index (κ3) is 12.1. The van der Waals surface area contributed by atoms with Crippen molar-refractivity contribution in [1.82, 2.24) is 55.1 Å². The number of carboxylic acid groups (broad SMARTS) is 4. The van der Waals surface area contributed by atoms with Crippen LogP contribution in [0.1, 0.15) is 72.4 Å². The first-order chi connectivity index (χ1) is 43.4. The number of aliphatic hydroxyl groups excluding tert-OH is 1. The number of likely N-dealkylation sites (N-methyl/N-ethyl adjacent to an activating group) is 2. The van der Waals surface area contributed by atoms with E-state index in [0.29, 0.717) is 35.7 Å². The normalized spacial score (nSPS) is 31.4. The van der Waals surface area contributed by atoms with E-state index in [1.54, 1.807) is 31.3 Å². The van der Waals surface area contributed by atoms with Gasteiger partial charge in [0, 0.05) is 72.5 Å². The first-order valence-corrected chi connectivity index (χ1v) is 35.1. The molecule has 12 rings (SSSR count). The fraction of sp³-hybridized carbons (Fsp3) is 0.630. The van der Waals surface area contributed by atoms with Gasteiger partial charge in [0.2, 0.25) is 23.6 Å². The number of carbonyl (C=O) groups excluding carboxylic acids is 7. The van der Waals surface area contributed by atoms with Gasteiger partial charge in [-0.1, -0.05) is 17.3 Å². The Kier molecular flexibility index (Phi) is 19.4. The van der Waals surface area contributed by atoms with Crippen molar-refractivity contribution in [1.29, 1.82) is 0 Å². The zero-order valence-corrected chi connectivity index (χ0v) is 55.9. The van der Waals surface area contributed by atoms with Crippen LogP contribution in [0, 0.1) is 11.8 Å². The van der Waals surface area contributed by atoms with Gasteiger partial charge in [-0.15, -0.1) is 40.0 Å². The van der Waals surface area contributed by atoms with Crippen molar-refractivity contribution in [2.24, 2.45) is 17.0 Å². The number of hydrogen-bond donors (Lipinski definition) is 7. The summed E-state index contributed by atoms with van der Waals surface area (Å²) in [6, 6.07) is -4.11. The number of thiazole rings is 1. The Morgan fingerprint density at radius 3 is 2.08 bits per heavy atom. The smallest absolute Gasteiger partial charge is 0.353 e. The van der Waals surface area contributed by atoms with E-state index in [4.69, 9.17) is 15.7 Å². The van der Waals surface area contributed by atoms with E-state index in [1.165, 1.54) is 78.3 Å². The van der Waals surface area contributed by atoms with Gasteiger partial charge in [0.1, 0.15) is 58.0 Å². The fourth-order valence-corrected chi connectivity index (χ4v) is 21.6. The molecule has 6 amide bonds. The van der Waals surface area contributed by atoms with Gasteiger partial charge in [0.05, 0.1) is 86.2 Å². The summed E-state index contributed by atoms with van der Waals surface area (Å²) in [5.74, 6) is -7.64. The number of amides is 6. The van der Waals surface area contributed by atoms with Gasteiger partial charge >= 0.3 is 17.9 Å². The van der Waals surface area contributed by atoms with Crippen LogP contribution in [-0.2, 0) is 79.0 Å². The zero-order valence-electron chi connectivity index (χ0n) is 51.8.